The van der Waals surface area contributed by atoms with Crippen molar-refractivity contribution in [3.63, 3.8) is 0 Å². The average molecular weight is 255 g/mol. The van der Waals surface area contributed by atoms with Crippen molar-refractivity contribution in [1.82, 2.24) is 4.90 Å². The molecule has 3 rings (SSSR count). The fraction of sp³-hybridized carbons (Fsp3) is 0.750. The van der Waals surface area contributed by atoms with Gasteiger partial charge in [0.05, 0.1) is 6.10 Å². The zero-order valence-corrected chi connectivity index (χ0v) is 9.86. The summed E-state index contributed by atoms with van der Waals surface area (Å²) in [6.45, 7) is 0.416. The van der Waals surface area contributed by atoms with Gasteiger partial charge in [0.1, 0.15) is 17.7 Å². The molecule has 6 nitrogen and oxygen atoms in total. The number of rotatable bonds is 4. The molecule has 2 heterocycles. The van der Waals surface area contributed by atoms with Crippen LogP contribution in [0.1, 0.15) is 19.3 Å². The SMILES string of the molecule is C#CCCCN1[C@H]2C[C@@]1(O)[C@@H](O)[C@H](O)[C@H]2C(=O)O. The van der Waals surface area contributed by atoms with Crippen molar-refractivity contribution in [1.29, 1.82) is 0 Å². The molecule has 1 aliphatic carbocycles. The Balaban J connectivity index is 2.13. The molecule has 0 aromatic heterocycles. The smallest absolute Gasteiger partial charge is 0.310 e. The van der Waals surface area contributed by atoms with Crippen molar-refractivity contribution >= 4 is 5.97 Å². The number of terminal acetylenes is 1. The van der Waals surface area contributed by atoms with Crippen molar-refractivity contribution in [2.24, 2.45) is 5.92 Å². The van der Waals surface area contributed by atoms with Gasteiger partial charge in [0.15, 0.2) is 0 Å². The molecule has 2 bridgehead atoms. The molecule has 3 fully saturated rings. The number of unbranched alkanes of at least 4 members (excludes halogenated alkanes) is 1. The van der Waals surface area contributed by atoms with Crippen molar-refractivity contribution < 1.29 is 25.2 Å². The van der Waals surface area contributed by atoms with Gasteiger partial charge in [-0.1, -0.05) is 0 Å². The van der Waals surface area contributed by atoms with Crippen LogP contribution in [0.25, 0.3) is 0 Å². The van der Waals surface area contributed by atoms with E-state index in [9.17, 15) is 20.1 Å². The third-order valence-corrected chi connectivity index (χ3v) is 3.99. The molecule has 0 unspecified atom stereocenters. The van der Waals surface area contributed by atoms with Gasteiger partial charge >= 0.3 is 5.97 Å². The van der Waals surface area contributed by atoms with E-state index in [1.807, 2.05) is 0 Å². The van der Waals surface area contributed by atoms with Crippen LogP contribution in [-0.4, -0.2) is 61.8 Å². The molecule has 2 aliphatic heterocycles. The van der Waals surface area contributed by atoms with E-state index in [4.69, 9.17) is 11.5 Å². The Morgan fingerprint density at radius 2 is 2.17 bits per heavy atom. The number of carbonyl (C=O) groups is 1. The molecule has 6 heteroatoms. The summed E-state index contributed by atoms with van der Waals surface area (Å²) in [4.78, 5) is 12.7. The highest BCUT2D eigenvalue weighted by atomic mass is 16.4. The molecule has 100 valence electrons. The highest BCUT2D eigenvalue weighted by molar-refractivity contribution is 5.72. The van der Waals surface area contributed by atoms with Crippen LogP contribution in [0.2, 0.25) is 0 Å². The Bertz CT molecular complexity index is 392. The van der Waals surface area contributed by atoms with E-state index in [1.165, 1.54) is 0 Å². The maximum Gasteiger partial charge on any atom is 0.310 e. The number of fused-ring (bicyclic) bond motifs is 2. The molecule has 5 atom stereocenters. The Labute approximate surface area is 105 Å². The van der Waals surface area contributed by atoms with E-state index in [2.05, 4.69) is 5.92 Å². The molecule has 2 saturated heterocycles. The standard InChI is InChI=1S/C12H17NO5/c1-2-3-4-5-13-7-6-12(13,18)10(15)9(14)8(7)11(16)17/h1,7-10,14-15,18H,3-6H2,(H,16,17)/t7-,8-,9+,10-,12+/m0/s1. The second-order valence-electron chi connectivity index (χ2n) is 4.95. The molecule has 4 N–H and O–H groups in total. The van der Waals surface area contributed by atoms with Crippen molar-refractivity contribution in [2.45, 2.75) is 43.2 Å². The lowest BCUT2D eigenvalue weighted by Gasteiger charge is -2.64. The van der Waals surface area contributed by atoms with Gasteiger partial charge in [0.25, 0.3) is 0 Å². The van der Waals surface area contributed by atoms with E-state index >= 15 is 0 Å². The van der Waals surface area contributed by atoms with Crippen molar-refractivity contribution in [3.05, 3.63) is 0 Å². The number of carboxylic acid groups (broad SMARTS) is 1. The molecular weight excluding hydrogens is 238 g/mol. The number of aliphatic hydroxyl groups excluding tert-OH is 2. The summed E-state index contributed by atoms with van der Waals surface area (Å²) in [5.41, 5.74) is -1.51. The summed E-state index contributed by atoms with van der Waals surface area (Å²) in [6.07, 6.45) is 3.54. The van der Waals surface area contributed by atoms with E-state index in [1.54, 1.807) is 4.90 Å². The Morgan fingerprint density at radius 3 is 2.72 bits per heavy atom. The number of nitrogens with zero attached hydrogens (tertiary/aromatic N) is 1. The number of piperidine rings is 1. The fourth-order valence-corrected chi connectivity index (χ4v) is 3.04. The predicted octanol–water partition coefficient (Wildman–Crippen LogP) is -1.40. The summed E-state index contributed by atoms with van der Waals surface area (Å²) in [5, 5.41) is 38.9. The lowest BCUT2D eigenvalue weighted by molar-refractivity contribution is -0.331. The van der Waals surface area contributed by atoms with Gasteiger partial charge in [-0.25, -0.2) is 0 Å². The largest absolute Gasteiger partial charge is 0.481 e. The zero-order valence-electron chi connectivity index (χ0n) is 9.86. The molecule has 18 heavy (non-hydrogen) atoms. The number of aliphatic carboxylic acids is 1. The monoisotopic (exact) mass is 255 g/mol. The normalized spacial score (nSPS) is 43.0. The van der Waals surface area contributed by atoms with Crippen LogP contribution in [0.15, 0.2) is 0 Å². The molecule has 0 aromatic carbocycles. The third-order valence-electron chi connectivity index (χ3n) is 3.99. The van der Waals surface area contributed by atoms with E-state index < -0.39 is 35.9 Å². The number of hydrogen-bond donors (Lipinski definition) is 4. The minimum absolute atomic E-state index is 0.165. The minimum Gasteiger partial charge on any atom is -0.481 e. The van der Waals surface area contributed by atoms with Gasteiger partial charge in [0, 0.05) is 25.4 Å². The highest BCUT2D eigenvalue weighted by Crippen LogP contribution is 2.48. The van der Waals surface area contributed by atoms with Gasteiger partial charge in [-0.15, -0.1) is 12.3 Å². The molecule has 0 radical (unpaired) electrons. The Hall–Kier alpha value is -1.13. The van der Waals surface area contributed by atoms with Crippen LogP contribution in [-0.2, 0) is 4.79 Å². The number of aliphatic hydroxyl groups is 3. The highest BCUT2D eigenvalue weighted by Gasteiger charge is 2.67. The molecule has 3 aliphatic rings. The van der Waals surface area contributed by atoms with Gasteiger partial charge in [-0.3, -0.25) is 9.69 Å². The molecule has 0 amide bonds. The van der Waals surface area contributed by atoms with E-state index in [0.29, 0.717) is 19.4 Å². The first kappa shape index (κ1) is 13.3. The van der Waals surface area contributed by atoms with E-state index in [0.717, 1.165) is 0 Å². The summed E-state index contributed by atoms with van der Waals surface area (Å²) >= 11 is 0. The third kappa shape index (κ3) is 1.71. The molecule has 1 saturated carbocycles. The maximum absolute atomic E-state index is 11.1. The van der Waals surface area contributed by atoms with Gasteiger partial charge < -0.3 is 20.4 Å². The first-order valence-corrected chi connectivity index (χ1v) is 5.95. The summed E-state index contributed by atoms with van der Waals surface area (Å²) in [5.74, 6) is 0.240. The number of hydrogen-bond acceptors (Lipinski definition) is 5. The summed E-state index contributed by atoms with van der Waals surface area (Å²) in [7, 11) is 0. The second-order valence-corrected chi connectivity index (χ2v) is 4.95. The lowest BCUT2D eigenvalue weighted by Crippen LogP contribution is -2.81. The van der Waals surface area contributed by atoms with Crippen LogP contribution in [0.4, 0.5) is 0 Å². The van der Waals surface area contributed by atoms with Gasteiger partial charge in [0.2, 0.25) is 0 Å². The predicted molar refractivity (Wildman–Crippen MR) is 61.3 cm³/mol. The number of carboxylic acids is 1. The molecule has 0 aromatic rings. The van der Waals surface area contributed by atoms with Crippen LogP contribution < -0.4 is 0 Å². The Kier molecular flexibility index (Phi) is 3.34. The zero-order chi connectivity index (χ0) is 13.5. The summed E-state index contributed by atoms with van der Waals surface area (Å²) in [6, 6.07) is -0.441. The van der Waals surface area contributed by atoms with Crippen molar-refractivity contribution in [2.75, 3.05) is 6.54 Å². The first-order chi connectivity index (χ1) is 8.43. The van der Waals surface area contributed by atoms with Gasteiger partial charge in [-0.2, -0.15) is 0 Å². The van der Waals surface area contributed by atoms with Gasteiger partial charge in [-0.05, 0) is 6.42 Å². The quantitative estimate of drug-likeness (QED) is 0.364. The molecule has 0 spiro atoms. The van der Waals surface area contributed by atoms with Crippen LogP contribution in [0, 0.1) is 18.3 Å². The first-order valence-electron chi connectivity index (χ1n) is 5.95. The Morgan fingerprint density at radius 1 is 1.50 bits per heavy atom. The lowest BCUT2D eigenvalue weighted by atomic mass is 9.66. The second kappa shape index (κ2) is 4.52. The topological polar surface area (TPSA) is 101 Å². The minimum atomic E-state index is -1.51. The molecular formula is C12H17NO5. The van der Waals surface area contributed by atoms with Crippen LogP contribution in [0.3, 0.4) is 0 Å². The van der Waals surface area contributed by atoms with Crippen LogP contribution >= 0.6 is 0 Å². The van der Waals surface area contributed by atoms with Crippen LogP contribution in [0.5, 0.6) is 0 Å². The van der Waals surface area contributed by atoms with Crippen molar-refractivity contribution in [3.8, 4) is 12.3 Å². The average Bonchev–Trinajstić information content (AvgIpc) is 2.30. The van der Waals surface area contributed by atoms with E-state index in [-0.39, 0.29) is 6.42 Å². The fourth-order valence-electron chi connectivity index (χ4n) is 3.04. The maximum atomic E-state index is 11.1. The summed E-state index contributed by atoms with van der Waals surface area (Å²) < 4.78 is 0.